The number of Topliss-reactive ketones (excluding diaryl/α,β-unsaturated/α-hetero) is 1. The van der Waals surface area contributed by atoms with E-state index in [2.05, 4.69) is 0 Å². The topological polar surface area (TPSA) is 96.0 Å². The molecule has 0 heterocycles. The van der Waals surface area contributed by atoms with E-state index in [1.807, 2.05) is 0 Å². The molecule has 7 heteroatoms. The lowest BCUT2D eigenvalue weighted by Crippen LogP contribution is -2.33. The number of unbranched alkanes of at least 4 members (excludes halogenated alkanes) is 2. The van der Waals surface area contributed by atoms with Gasteiger partial charge in [0.15, 0.2) is 18.0 Å². The van der Waals surface area contributed by atoms with Crippen LogP contribution in [0.5, 0.6) is 0 Å². The van der Waals surface area contributed by atoms with Crippen molar-refractivity contribution in [2.75, 3.05) is 0 Å². The Balaban J connectivity index is 3.88. The predicted molar refractivity (Wildman–Crippen MR) is 90.7 cm³/mol. The van der Waals surface area contributed by atoms with Gasteiger partial charge in [-0.2, -0.15) is 0 Å². The van der Waals surface area contributed by atoms with Gasteiger partial charge in [-0.3, -0.25) is 14.4 Å². The third-order valence-corrected chi connectivity index (χ3v) is 3.19. The van der Waals surface area contributed by atoms with Gasteiger partial charge in [0, 0.05) is 12.8 Å². The summed E-state index contributed by atoms with van der Waals surface area (Å²) in [6, 6.07) is 0. The van der Waals surface area contributed by atoms with E-state index in [0.717, 1.165) is 0 Å². The molecule has 0 aliphatic rings. The number of carbonyl (C=O) groups is 4. The summed E-state index contributed by atoms with van der Waals surface area (Å²) in [6.07, 6.45) is 0.409. The number of ether oxygens (including phenoxy) is 3. The predicted octanol–water partition coefficient (Wildman–Crippen LogP) is 2.73. The number of rotatable bonds is 10. The van der Waals surface area contributed by atoms with E-state index in [4.69, 9.17) is 14.2 Å². The average Bonchev–Trinajstić information content (AvgIpc) is 2.44. The molecule has 25 heavy (non-hydrogen) atoms. The first-order valence-electron chi connectivity index (χ1n) is 8.54. The highest BCUT2D eigenvalue weighted by molar-refractivity contribution is 5.83. The smallest absolute Gasteiger partial charge is 0.347 e. The van der Waals surface area contributed by atoms with Crippen LogP contribution < -0.4 is 0 Å². The van der Waals surface area contributed by atoms with Crippen LogP contribution in [-0.4, -0.2) is 41.5 Å². The van der Waals surface area contributed by atoms with E-state index >= 15 is 0 Å². The molecule has 0 aliphatic heterocycles. The molecule has 0 spiro atoms. The number of carbonyl (C=O) groups excluding carboxylic acids is 4. The van der Waals surface area contributed by atoms with Crippen LogP contribution in [0.25, 0.3) is 0 Å². The Morgan fingerprint density at radius 2 is 1.24 bits per heavy atom. The second kappa shape index (κ2) is 10.8. The molecule has 0 saturated carbocycles. The van der Waals surface area contributed by atoms with Crippen LogP contribution in [0, 0.1) is 0 Å². The molecule has 7 nitrogen and oxygen atoms in total. The van der Waals surface area contributed by atoms with E-state index in [9.17, 15) is 19.2 Å². The van der Waals surface area contributed by atoms with Crippen molar-refractivity contribution >= 4 is 23.7 Å². The first kappa shape index (κ1) is 23.1. The quantitative estimate of drug-likeness (QED) is 0.336. The van der Waals surface area contributed by atoms with E-state index in [0.29, 0.717) is 19.3 Å². The molecule has 0 rings (SSSR count). The molecule has 0 aromatic heterocycles. The fraction of sp³-hybridized carbons (Fsp3) is 0.778. The van der Waals surface area contributed by atoms with Gasteiger partial charge in [0.1, 0.15) is 5.60 Å². The molecule has 0 aromatic rings. The highest BCUT2D eigenvalue weighted by Gasteiger charge is 2.24. The van der Waals surface area contributed by atoms with Crippen LogP contribution in [0.3, 0.4) is 0 Å². The lowest BCUT2D eigenvalue weighted by Gasteiger charge is -2.22. The lowest BCUT2D eigenvalue weighted by atomic mass is 10.1. The molecule has 0 radical (unpaired) electrons. The second-order valence-electron chi connectivity index (χ2n) is 6.97. The summed E-state index contributed by atoms with van der Waals surface area (Å²) < 4.78 is 15.1. The molecule has 144 valence electrons. The van der Waals surface area contributed by atoms with Gasteiger partial charge in [-0.15, -0.1) is 0 Å². The van der Waals surface area contributed by atoms with Crippen molar-refractivity contribution in [3.8, 4) is 0 Å². The first-order valence-corrected chi connectivity index (χ1v) is 8.54. The maximum atomic E-state index is 11.7. The molecule has 2 atom stereocenters. The van der Waals surface area contributed by atoms with E-state index in [1.54, 1.807) is 20.8 Å². The zero-order chi connectivity index (χ0) is 19.6. The minimum absolute atomic E-state index is 0.159. The number of esters is 3. The monoisotopic (exact) mass is 358 g/mol. The van der Waals surface area contributed by atoms with Crippen LogP contribution in [0.2, 0.25) is 0 Å². The van der Waals surface area contributed by atoms with Crippen LogP contribution in [0.4, 0.5) is 0 Å². The fourth-order valence-electron chi connectivity index (χ4n) is 1.74. The highest BCUT2D eigenvalue weighted by Crippen LogP contribution is 2.11. The van der Waals surface area contributed by atoms with Gasteiger partial charge in [0.2, 0.25) is 0 Å². The van der Waals surface area contributed by atoms with Crippen molar-refractivity contribution in [3.05, 3.63) is 0 Å². The van der Waals surface area contributed by atoms with Gasteiger partial charge < -0.3 is 14.2 Å². The molecular formula is C18H30O7. The Morgan fingerprint density at radius 3 is 1.64 bits per heavy atom. The summed E-state index contributed by atoms with van der Waals surface area (Å²) in [5.41, 5.74) is -0.633. The van der Waals surface area contributed by atoms with E-state index in [-0.39, 0.29) is 18.6 Å². The Labute approximate surface area is 149 Å². The molecular weight excluding hydrogens is 328 g/mol. The Kier molecular flexibility index (Phi) is 10.0. The Hall–Kier alpha value is -1.92. The summed E-state index contributed by atoms with van der Waals surface area (Å²) in [5, 5.41) is 0. The van der Waals surface area contributed by atoms with Crippen molar-refractivity contribution < 1.29 is 33.4 Å². The second-order valence-corrected chi connectivity index (χ2v) is 6.97. The molecule has 0 aliphatic carbocycles. The van der Waals surface area contributed by atoms with Crippen LogP contribution in [-0.2, 0) is 33.4 Å². The summed E-state index contributed by atoms with van der Waals surface area (Å²) in [5.74, 6) is -1.69. The van der Waals surface area contributed by atoms with Crippen molar-refractivity contribution in [1.29, 1.82) is 0 Å². The standard InChI is InChI=1S/C18H30O7/c1-12(19)13(2)23-15(20)10-8-7-9-11-16(21)24-14(3)17(22)25-18(4,5)6/h13-14H,7-11H2,1-6H3. The maximum Gasteiger partial charge on any atom is 0.347 e. The van der Waals surface area contributed by atoms with E-state index in [1.165, 1.54) is 20.8 Å². The maximum absolute atomic E-state index is 11.7. The van der Waals surface area contributed by atoms with Crippen molar-refractivity contribution in [3.63, 3.8) is 0 Å². The normalized spacial score (nSPS) is 13.5. The minimum atomic E-state index is -0.949. The summed E-state index contributed by atoms with van der Waals surface area (Å²) in [4.78, 5) is 45.8. The highest BCUT2D eigenvalue weighted by atomic mass is 16.6. The minimum Gasteiger partial charge on any atom is -0.457 e. The van der Waals surface area contributed by atoms with Crippen LogP contribution in [0.1, 0.15) is 73.6 Å². The van der Waals surface area contributed by atoms with Crippen molar-refractivity contribution in [1.82, 2.24) is 0 Å². The van der Waals surface area contributed by atoms with Crippen LogP contribution in [0.15, 0.2) is 0 Å². The summed E-state index contributed by atoms with van der Waals surface area (Å²) in [6.45, 7) is 9.58. The zero-order valence-electron chi connectivity index (χ0n) is 16.0. The fourth-order valence-corrected chi connectivity index (χ4v) is 1.74. The van der Waals surface area contributed by atoms with Crippen LogP contribution >= 0.6 is 0 Å². The molecule has 0 aromatic carbocycles. The number of ketones is 1. The largest absolute Gasteiger partial charge is 0.457 e. The Bertz CT molecular complexity index is 476. The molecule has 2 unspecified atom stereocenters. The van der Waals surface area contributed by atoms with Gasteiger partial charge in [-0.05, 0) is 54.4 Å². The number of hydrogen-bond acceptors (Lipinski definition) is 7. The summed E-state index contributed by atoms with van der Waals surface area (Å²) in [7, 11) is 0. The van der Waals surface area contributed by atoms with Gasteiger partial charge >= 0.3 is 17.9 Å². The molecule has 0 bridgehead atoms. The average molecular weight is 358 g/mol. The van der Waals surface area contributed by atoms with Gasteiger partial charge in [0.25, 0.3) is 0 Å². The van der Waals surface area contributed by atoms with Gasteiger partial charge in [-0.25, -0.2) is 4.79 Å². The zero-order valence-corrected chi connectivity index (χ0v) is 16.0. The Morgan fingerprint density at radius 1 is 0.800 bits per heavy atom. The first-order chi connectivity index (χ1) is 11.4. The van der Waals surface area contributed by atoms with E-state index < -0.39 is 35.7 Å². The van der Waals surface area contributed by atoms with Gasteiger partial charge in [-0.1, -0.05) is 6.42 Å². The number of hydrogen-bond donors (Lipinski definition) is 0. The van der Waals surface area contributed by atoms with Crippen molar-refractivity contribution in [2.45, 2.75) is 91.5 Å². The summed E-state index contributed by atoms with van der Waals surface area (Å²) >= 11 is 0. The SMILES string of the molecule is CC(=O)C(C)OC(=O)CCCCCC(=O)OC(C)C(=O)OC(C)(C)C. The van der Waals surface area contributed by atoms with Crippen molar-refractivity contribution in [2.24, 2.45) is 0 Å². The van der Waals surface area contributed by atoms with Gasteiger partial charge in [0.05, 0.1) is 0 Å². The molecule has 0 saturated heterocycles. The molecule has 0 fully saturated rings. The third-order valence-electron chi connectivity index (χ3n) is 3.19. The molecule has 0 amide bonds. The third kappa shape index (κ3) is 12.1. The lowest BCUT2D eigenvalue weighted by molar-refractivity contribution is -0.174. The molecule has 0 N–H and O–H groups in total.